The minimum absolute atomic E-state index is 0.0392. The summed E-state index contributed by atoms with van der Waals surface area (Å²) in [5, 5.41) is 13.6. The van der Waals surface area contributed by atoms with Crippen LogP contribution in [0.3, 0.4) is 0 Å². The summed E-state index contributed by atoms with van der Waals surface area (Å²) in [5.74, 6) is -0.0404. The number of ether oxygens (including phenoxy) is 2. The smallest absolute Gasteiger partial charge is 0.274 e. The summed E-state index contributed by atoms with van der Waals surface area (Å²) < 4.78 is 13.5. The van der Waals surface area contributed by atoms with Crippen molar-refractivity contribution >= 4 is 28.3 Å². The van der Waals surface area contributed by atoms with Gasteiger partial charge in [0.15, 0.2) is 16.6 Å². The van der Waals surface area contributed by atoms with Crippen LogP contribution < -0.4 is 15.8 Å². The van der Waals surface area contributed by atoms with Crippen molar-refractivity contribution in [1.29, 1.82) is 0 Å². The van der Waals surface area contributed by atoms with Crippen LogP contribution in [0.5, 0.6) is 5.75 Å². The molecule has 2 aliphatic rings. The number of thiazole rings is 1. The fraction of sp³-hybridized carbons (Fsp3) is 0.429. The number of nitrogen functional groups attached to an aromatic ring is 1. The second-order valence-electron chi connectivity index (χ2n) is 8.08. The first-order valence-electron chi connectivity index (χ1n) is 10.9. The molecule has 2 amide bonds. The fourth-order valence-corrected chi connectivity index (χ4v) is 4.58. The third-order valence-electron chi connectivity index (χ3n) is 5.70. The normalized spacial score (nSPS) is 20.6. The molecule has 2 aliphatic heterocycles. The highest BCUT2D eigenvalue weighted by atomic mass is 32.1. The maximum absolute atomic E-state index is 13.1. The monoisotopic (exact) mass is 484 g/mol. The first-order valence-corrected chi connectivity index (χ1v) is 11.8. The molecule has 0 saturated carbocycles. The molecule has 12 nitrogen and oxygen atoms in total. The average molecular weight is 485 g/mol. The van der Waals surface area contributed by atoms with Crippen LogP contribution in [-0.4, -0.2) is 73.5 Å². The molecular weight excluding hydrogens is 460 g/mol. The van der Waals surface area contributed by atoms with Crippen LogP contribution in [0, 0.1) is 0 Å². The van der Waals surface area contributed by atoms with E-state index in [-0.39, 0.29) is 24.1 Å². The van der Waals surface area contributed by atoms with E-state index in [1.807, 2.05) is 5.38 Å². The van der Waals surface area contributed by atoms with E-state index in [1.54, 1.807) is 27.9 Å². The molecule has 34 heavy (non-hydrogen) atoms. The van der Waals surface area contributed by atoms with Crippen molar-refractivity contribution < 1.29 is 19.1 Å². The van der Waals surface area contributed by atoms with Crippen molar-refractivity contribution in [3.05, 3.63) is 47.0 Å². The lowest BCUT2D eigenvalue weighted by molar-refractivity contribution is -0.130. The summed E-state index contributed by atoms with van der Waals surface area (Å²) in [6.45, 7) is 1.65. The first-order chi connectivity index (χ1) is 16.5. The number of hydrogen-bond acceptors (Lipinski definition) is 10. The van der Waals surface area contributed by atoms with Crippen LogP contribution in [0.1, 0.15) is 28.3 Å². The van der Waals surface area contributed by atoms with E-state index in [0.717, 1.165) is 5.69 Å². The number of nitrogens with zero attached hydrogens (tertiary/aromatic N) is 6. The SMILES string of the molecule is Nc1nc(CCC(=O)N2C[C@@H]3NC(=O)c4ncccc4OCCn4cc(nn4)CO[C@H]3C2)cs1. The molecule has 3 aromatic heterocycles. The van der Waals surface area contributed by atoms with Gasteiger partial charge in [0.1, 0.15) is 12.3 Å². The van der Waals surface area contributed by atoms with Crippen molar-refractivity contribution in [1.82, 2.24) is 35.2 Å². The number of anilines is 1. The number of pyridine rings is 1. The number of carbonyl (C=O) groups is 2. The lowest BCUT2D eigenvalue weighted by atomic mass is 10.2. The molecule has 2 atom stereocenters. The quantitative estimate of drug-likeness (QED) is 0.534. The van der Waals surface area contributed by atoms with Gasteiger partial charge in [-0.1, -0.05) is 5.21 Å². The Kier molecular flexibility index (Phi) is 6.36. The highest BCUT2D eigenvalue weighted by Gasteiger charge is 2.37. The number of aromatic nitrogens is 5. The Labute approximate surface area is 199 Å². The van der Waals surface area contributed by atoms with Gasteiger partial charge in [0.25, 0.3) is 5.91 Å². The number of hydrogen-bond donors (Lipinski definition) is 2. The number of nitrogens with two attached hydrogens (primary N) is 1. The Morgan fingerprint density at radius 1 is 1.35 bits per heavy atom. The van der Waals surface area contributed by atoms with Crippen LogP contribution in [0.2, 0.25) is 0 Å². The predicted molar refractivity (Wildman–Crippen MR) is 121 cm³/mol. The third kappa shape index (κ3) is 4.99. The first kappa shape index (κ1) is 22.2. The third-order valence-corrected chi connectivity index (χ3v) is 6.42. The molecule has 0 aliphatic carbocycles. The highest BCUT2D eigenvalue weighted by Crippen LogP contribution is 2.21. The van der Waals surface area contributed by atoms with Gasteiger partial charge < -0.3 is 25.4 Å². The van der Waals surface area contributed by atoms with Crippen LogP contribution in [0.15, 0.2) is 29.9 Å². The maximum atomic E-state index is 13.1. The standard InChI is InChI=1S/C21H24N8O4S/c22-21-24-13(12-34-21)3-4-18(30)28-9-15-17(10-28)33-11-14-8-29(27-26-14)6-7-32-16-2-1-5-23-19(16)20(31)25-15/h1-2,5,8,12,15,17H,3-4,6-7,9-11H2,(H2,22,24)(H,25,31)/t15-,17-/m0/s1. The maximum Gasteiger partial charge on any atom is 0.274 e. The van der Waals surface area contributed by atoms with Gasteiger partial charge in [-0.2, -0.15) is 0 Å². The van der Waals surface area contributed by atoms with Crippen LogP contribution in [0.4, 0.5) is 5.13 Å². The Morgan fingerprint density at radius 3 is 3.12 bits per heavy atom. The fourth-order valence-electron chi connectivity index (χ4n) is 3.99. The summed E-state index contributed by atoms with van der Waals surface area (Å²) >= 11 is 1.35. The minimum atomic E-state index is -0.417. The van der Waals surface area contributed by atoms with Crippen molar-refractivity contribution in [3.8, 4) is 5.75 Å². The second-order valence-corrected chi connectivity index (χ2v) is 8.97. The Balaban J connectivity index is 1.33. The Bertz CT molecular complexity index is 1180. The Hall–Kier alpha value is -3.58. The van der Waals surface area contributed by atoms with Crippen molar-refractivity contribution in [2.24, 2.45) is 0 Å². The molecule has 0 spiro atoms. The van der Waals surface area contributed by atoms with Gasteiger partial charge in [0, 0.05) is 31.1 Å². The van der Waals surface area contributed by atoms with E-state index in [0.29, 0.717) is 55.7 Å². The van der Waals surface area contributed by atoms with E-state index in [1.165, 1.54) is 17.5 Å². The number of likely N-dealkylation sites (tertiary alicyclic amines) is 1. The topological polar surface area (TPSA) is 150 Å². The summed E-state index contributed by atoms with van der Waals surface area (Å²) in [6, 6.07) is 2.99. The van der Waals surface area contributed by atoms with Gasteiger partial charge >= 0.3 is 0 Å². The molecule has 178 valence electrons. The highest BCUT2D eigenvalue weighted by molar-refractivity contribution is 7.13. The largest absolute Gasteiger partial charge is 0.489 e. The number of aryl methyl sites for hydroxylation is 1. The van der Waals surface area contributed by atoms with Crippen LogP contribution in [-0.2, 0) is 29.1 Å². The average Bonchev–Trinajstić information content (AvgIpc) is 3.56. The van der Waals surface area contributed by atoms with E-state index in [4.69, 9.17) is 15.2 Å². The molecule has 3 aromatic rings. The van der Waals surface area contributed by atoms with E-state index >= 15 is 0 Å². The van der Waals surface area contributed by atoms with E-state index in [9.17, 15) is 9.59 Å². The molecule has 0 aromatic carbocycles. The number of amides is 2. The second kappa shape index (κ2) is 9.73. The van der Waals surface area contributed by atoms with Crippen molar-refractivity contribution in [2.45, 2.75) is 38.1 Å². The van der Waals surface area contributed by atoms with Gasteiger partial charge in [0.05, 0.1) is 37.2 Å². The summed E-state index contributed by atoms with van der Waals surface area (Å²) in [7, 11) is 0. The number of nitrogens with one attached hydrogen (secondary N) is 1. The molecule has 3 N–H and O–H groups in total. The number of fused-ring (bicyclic) bond motifs is 4. The molecule has 2 bridgehead atoms. The summed E-state index contributed by atoms with van der Waals surface area (Å²) in [5.41, 5.74) is 7.32. The molecule has 1 fully saturated rings. The molecule has 5 rings (SSSR count). The zero-order valence-corrected chi connectivity index (χ0v) is 19.1. The van der Waals surface area contributed by atoms with Crippen LogP contribution >= 0.6 is 11.3 Å². The predicted octanol–water partition coefficient (Wildman–Crippen LogP) is 0.263. The zero-order valence-electron chi connectivity index (χ0n) is 18.3. The molecule has 0 unspecified atom stereocenters. The molecule has 0 radical (unpaired) electrons. The zero-order chi connectivity index (χ0) is 23.5. The van der Waals surface area contributed by atoms with Crippen molar-refractivity contribution in [3.63, 3.8) is 0 Å². The molecule has 13 heteroatoms. The number of rotatable bonds is 3. The molecule has 5 heterocycles. The van der Waals surface area contributed by atoms with Gasteiger partial charge in [-0.25, -0.2) is 14.6 Å². The van der Waals surface area contributed by atoms with Gasteiger partial charge in [-0.3, -0.25) is 9.59 Å². The Morgan fingerprint density at radius 2 is 2.26 bits per heavy atom. The van der Waals surface area contributed by atoms with Crippen LogP contribution in [0.25, 0.3) is 0 Å². The van der Waals surface area contributed by atoms with Crippen molar-refractivity contribution in [2.75, 3.05) is 25.4 Å². The minimum Gasteiger partial charge on any atom is -0.489 e. The van der Waals surface area contributed by atoms with E-state index in [2.05, 4.69) is 25.6 Å². The molecular formula is C21H24N8O4S. The summed E-state index contributed by atoms with van der Waals surface area (Å²) in [6.07, 6.45) is 3.72. The lowest BCUT2D eigenvalue weighted by Gasteiger charge is -2.20. The van der Waals surface area contributed by atoms with Gasteiger partial charge in [0.2, 0.25) is 5.91 Å². The summed E-state index contributed by atoms with van der Waals surface area (Å²) in [4.78, 5) is 36.1. The van der Waals surface area contributed by atoms with Gasteiger partial charge in [-0.15, -0.1) is 16.4 Å². The van der Waals surface area contributed by atoms with Gasteiger partial charge in [-0.05, 0) is 18.6 Å². The number of carbonyl (C=O) groups excluding carboxylic acids is 2. The lowest BCUT2D eigenvalue weighted by Crippen LogP contribution is -2.44. The van der Waals surface area contributed by atoms with E-state index < -0.39 is 12.1 Å². The molecule has 1 saturated heterocycles.